The van der Waals surface area contributed by atoms with Crippen LogP contribution < -0.4 is 5.32 Å². The Morgan fingerprint density at radius 2 is 1.50 bits per heavy atom. The zero-order chi connectivity index (χ0) is 20.0. The van der Waals surface area contributed by atoms with Crippen LogP contribution in [0.4, 0.5) is 0 Å². The van der Waals surface area contributed by atoms with Crippen molar-refractivity contribution >= 4 is 46.2 Å². The minimum atomic E-state index is -0.833. The summed E-state index contributed by atoms with van der Waals surface area (Å²) in [4.78, 5) is 23.5. The number of nitrogens with one attached hydrogen (secondary N) is 1. The first-order chi connectivity index (χ1) is 12.4. The third kappa shape index (κ3) is 28.2. The molecule has 0 saturated heterocycles. The molecule has 0 bridgehead atoms. The van der Waals surface area contributed by atoms with Gasteiger partial charge in [-0.15, -0.1) is 0 Å². The number of rotatable bonds is 12. The fourth-order valence-electron chi connectivity index (χ4n) is 2.38. The van der Waals surface area contributed by atoms with Gasteiger partial charge in [0.2, 0.25) is 0 Å². The van der Waals surface area contributed by atoms with E-state index in [-0.39, 0.29) is 3.17 Å². The molecule has 0 aliphatic carbocycles. The molecule has 0 aromatic rings. The molecule has 0 aromatic carbocycles. The van der Waals surface area contributed by atoms with Crippen molar-refractivity contribution in [3.63, 3.8) is 0 Å². The fraction of sp³-hybridized carbons (Fsp3) is 0.842. The van der Waals surface area contributed by atoms with Crippen LogP contribution in [0.15, 0.2) is 4.99 Å². The topological polar surface area (TPSA) is 99.0 Å². The zero-order valence-corrected chi connectivity index (χ0v) is 19.0. The second-order valence-corrected chi connectivity index (χ2v) is 8.11. The average molecular weight is 381 g/mol. The molecule has 1 aliphatic heterocycles. The summed E-state index contributed by atoms with van der Waals surface area (Å²) < 4.78 is -0.0240. The zero-order valence-electron chi connectivity index (χ0n) is 17.0. The SMILES string of the molecule is C1=NCCN1.CC(=O)O.CCCCCCCCCCCC[CH]([Na])C(=O)O. The van der Waals surface area contributed by atoms with Crippen LogP contribution in [0, 0.1) is 0 Å². The summed E-state index contributed by atoms with van der Waals surface area (Å²) >= 11 is 0.795. The van der Waals surface area contributed by atoms with Crippen molar-refractivity contribution in [3.8, 4) is 0 Å². The second-order valence-electron chi connectivity index (χ2n) is 6.72. The Balaban J connectivity index is 0. The molecule has 1 aliphatic rings. The summed E-state index contributed by atoms with van der Waals surface area (Å²) in [6.07, 6.45) is 15.9. The van der Waals surface area contributed by atoms with E-state index in [1.54, 1.807) is 6.34 Å². The summed E-state index contributed by atoms with van der Waals surface area (Å²) in [6, 6.07) is 0. The molecule has 0 aromatic heterocycles. The molecule has 3 N–H and O–H groups in total. The van der Waals surface area contributed by atoms with E-state index in [1.165, 1.54) is 57.8 Å². The van der Waals surface area contributed by atoms with E-state index < -0.39 is 11.9 Å². The Hall–Kier alpha value is -0.590. The van der Waals surface area contributed by atoms with Crippen molar-refractivity contribution < 1.29 is 19.8 Å². The number of hydrogen-bond donors (Lipinski definition) is 3. The Kier molecular flexibility index (Phi) is 23.9. The quantitative estimate of drug-likeness (QED) is 0.350. The summed E-state index contributed by atoms with van der Waals surface area (Å²) in [5.41, 5.74) is 0. The van der Waals surface area contributed by atoms with Gasteiger partial charge >= 0.3 is 118 Å². The molecule has 1 unspecified atom stereocenters. The molecule has 148 valence electrons. The number of unbranched alkanes of at least 4 members (excludes halogenated alkanes) is 9. The first-order valence-electron chi connectivity index (χ1n) is 10.1. The molecule has 6 nitrogen and oxygen atoms in total. The van der Waals surface area contributed by atoms with Crippen LogP contribution in [-0.2, 0) is 9.59 Å². The number of carbonyl (C=O) groups is 2. The number of carboxylic acids is 2. The number of aliphatic carboxylic acids is 2. The van der Waals surface area contributed by atoms with Crippen molar-refractivity contribution in [2.75, 3.05) is 13.1 Å². The van der Waals surface area contributed by atoms with Crippen molar-refractivity contribution in [1.29, 1.82) is 0 Å². The van der Waals surface area contributed by atoms with Gasteiger partial charge in [0.15, 0.2) is 0 Å². The molecule has 1 rings (SSSR count). The molecule has 0 amide bonds. The maximum absolute atomic E-state index is 10.6. The van der Waals surface area contributed by atoms with Crippen LogP contribution in [0.1, 0.15) is 84.5 Å². The second kappa shape index (κ2) is 22.5. The van der Waals surface area contributed by atoms with E-state index in [4.69, 9.17) is 15.0 Å². The van der Waals surface area contributed by atoms with E-state index >= 15 is 0 Å². The van der Waals surface area contributed by atoms with Crippen LogP contribution >= 0.6 is 0 Å². The summed E-state index contributed by atoms with van der Waals surface area (Å²) in [7, 11) is 0. The van der Waals surface area contributed by atoms with Gasteiger partial charge in [-0.2, -0.15) is 0 Å². The Bertz CT molecular complexity index is 355. The van der Waals surface area contributed by atoms with Crippen molar-refractivity contribution in [2.24, 2.45) is 4.99 Å². The third-order valence-corrected chi connectivity index (χ3v) is 5.05. The fourth-order valence-corrected chi connectivity index (χ4v) is 2.79. The monoisotopic (exact) mass is 380 g/mol. The van der Waals surface area contributed by atoms with Gasteiger partial charge in [0, 0.05) is 13.5 Å². The third-order valence-electron chi connectivity index (χ3n) is 3.98. The van der Waals surface area contributed by atoms with Gasteiger partial charge in [0.25, 0.3) is 5.97 Å². The number of aliphatic imine (C=N–C) groups is 1. The molecule has 0 saturated carbocycles. The van der Waals surface area contributed by atoms with Crippen molar-refractivity contribution in [3.05, 3.63) is 0 Å². The van der Waals surface area contributed by atoms with Gasteiger partial charge in [-0.3, -0.25) is 9.79 Å². The van der Waals surface area contributed by atoms with Gasteiger partial charge in [-0.1, -0.05) is 6.92 Å². The Morgan fingerprint density at radius 3 is 1.81 bits per heavy atom. The summed E-state index contributed by atoms with van der Waals surface area (Å²) in [5, 5.41) is 19.1. The molecule has 1 atom stereocenters. The van der Waals surface area contributed by atoms with Gasteiger partial charge < -0.3 is 10.4 Å². The first kappa shape index (κ1) is 27.6. The standard InChI is InChI=1S/C14H27O2.C3H6N2.C2H4O2.Na/c1-2-3-4-5-6-7-8-9-10-11-12-13-14(15)16;1-2-5-3-4-1;1-2(3)4;/h13H,2-12H2,1H3,(H,15,16);3H,1-2H2,(H,4,5);1H3,(H,3,4);. The van der Waals surface area contributed by atoms with E-state index in [1.807, 2.05) is 0 Å². The van der Waals surface area contributed by atoms with E-state index in [0.29, 0.717) is 0 Å². The predicted molar refractivity (Wildman–Crippen MR) is 108 cm³/mol. The molecule has 1 heterocycles. The van der Waals surface area contributed by atoms with Crippen LogP contribution in [0.25, 0.3) is 0 Å². The van der Waals surface area contributed by atoms with Gasteiger partial charge in [-0.05, 0) is 0 Å². The van der Waals surface area contributed by atoms with Crippen LogP contribution in [0.5, 0.6) is 0 Å². The van der Waals surface area contributed by atoms with Crippen molar-refractivity contribution in [2.45, 2.75) is 87.6 Å². The van der Waals surface area contributed by atoms with Crippen LogP contribution in [0.2, 0.25) is 3.17 Å². The van der Waals surface area contributed by atoms with Crippen molar-refractivity contribution in [1.82, 2.24) is 5.32 Å². The molecular weight excluding hydrogens is 343 g/mol. The molecule has 26 heavy (non-hydrogen) atoms. The molecule has 0 radical (unpaired) electrons. The minimum absolute atomic E-state index is 0.0240. The molecule has 7 heteroatoms. The molecule has 0 fully saturated rings. The predicted octanol–water partition coefficient (Wildman–Crippen LogP) is 4.05. The summed E-state index contributed by atoms with van der Waals surface area (Å²) in [5.74, 6) is -1.42. The average Bonchev–Trinajstić information content (AvgIpc) is 3.15. The molecule has 0 spiro atoms. The van der Waals surface area contributed by atoms with Crippen LogP contribution in [0.3, 0.4) is 0 Å². The van der Waals surface area contributed by atoms with E-state index in [9.17, 15) is 4.79 Å². The summed E-state index contributed by atoms with van der Waals surface area (Å²) in [6.45, 7) is 5.32. The van der Waals surface area contributed by atoms with E-state index in [2.05, 4.69) is 17.2 Å². The van der Waals surface area contributed by atoms with Gasteiger partial charge in [0.05, 0.1) is 12.9 Å². The normalized spacial score (nSPS) is 12.9. The number of hydrogen-bond acceptors (Lipinski definition) is 4. The maximum atomic E-state index is 10.6. The Labute approximate surface area is 176 Å². The number of nitrogens with zero attached hydrogens (tertiary/aromatic N) is 1. The first-order valence-corrected chi connectivity index (χ1v) is 11.2. The Morgan fingerprint density at radius 1 is 1.04 bits per heavy atom. The van der Waals surface area contributed by atoms with E-state index in [0.717, 1.165) is 60.8 Å². The number of carboxylic acid groups (broad SMARTS) is 2. The van der Waals surface area contributed by atoms with Gasteiger partial charge in [0.1, 0.15) is 0 Å². The van der Waals surface area contributed by atoms with Crippen LogP contribution in [-0.4, -0.2) is 69.5 Å². The van der Waals surface area contributed by atoms with Gasteiger partial charge in [-0.25, -0.2) is 0 Å². The molecular formula is C19H37N2NaO4.